The fourth-order valence-electron chi connectivity index (χ4n) is 2.30. The third-order valence-corrected chi connectivity index (χ3v) is 6.35. The van der Waals surface area contributed by atoms with E-state index in [1.165, 1.54) is 0 Å². The van der Waals surface area contributed by atoms with E-state index in [9.17, 15) is 8.42 Å². The van der Waals surface area contributed by atoms with Gasteiger partial charge in [0.1, 0.15) is 9.90 Å². The van der Waals surface area contributed by atoms with E-state index in [-0.39, 0.29) is 22.6 Å². The minimum Gasteiger partial charge on any atom is -0.382 e. The molecule has 2 rings (SSSR count). The van der Waals surface area contributed by atoms with E-state index in [0.717, 1.165) is 18.0 Å². The van der Waals surface area contributed by atoms with Crippen LogP contribution in [0.3, 0.4) is 0 Å². The molecule has 8 heteroatoms. The second-order valence-corrected chi connectivity index (χ2v) is 7.67. The summed E-state index contributed by atoms with van der Waals surface area (Å²) >= 11 is 1.16. The number of ether oxygens (including phenoxy) is 1. The summed E-state index contributed by atoms with van der Waals surface area (Å²) in [6.07, 6.45) is 1.60. The van der Waals surface area contributed by atoms with Gasteiger partial charge in [0.25, 0.3) is 0 Å². The second-order valence-electron chi connectivity index (χ2n) is 4.87. The highest BCUT2D eigenvalue weighted by atomic mass is 32.2. The Morgan fingerprint density at radius 3 is 2.90 bits per heavy atom. The quantitative estimate of drug-likeness (QED) is 0.885. The van der Waals surface area contributed by atoms with Crippen LogP contribution in [0.2, 0.25) is 0 Å². The third kappa shape index (κ3) is 3.07. The topological polar surface area (TPSA) is 85.5 Å². The lowest BCUT2D eigenvalue weighted by atomic mass is 10.2. The SMILES string of the molecule is CCCS(=O)(=O)c1c(N)nsc1N1CCOC(CC)C1. The maximum absolute atomic E-state index is 12.4. The minimum atomic E-state index is -3.36. The van der Waals surface area contributed by atoms with E-state index in [1.54, 1.807) is 0 Å². The van der Waals surface area contributed by atoms with Crippen LogP contribution in [0.1, 0.15) is 26.7 Å². The number of hydrogen-bond donors (Lipinski definition) is 1. The molecule has 1 aliphatic rings. The van der Waals surface area contributed by atoms with E-state index in [0.29, 0.717) is 31.1 Å². The van der Waals surface area contributed by atoms with E-state index in [4.69, 9.17) is 10.5 Å². The molecule has 0 aromatic carbocycles. The molecular formula is C12H21N3O3S2. The molecule has 0 amide bonds. The number of morpholine rings is 1. The zero-order valence-corrected chi connectivity index (χ0v) is 13.5. The van der Waals surface area contributed by atoms with Crippen LogP contribution in [0.4, 0.5) is 10.8 Å². The van der Waals surface area contributed by atoms with Crippen molar-refractivity contribution in [3.05, 3.63) is 0 Å². The predicted molar refractivity (Wildman–Crippen MR) is 81.1 cm³/mol. The van der Waals surface area contributed by atoms with Crippen molar-refractivity contribution in [2.24, 2.45) is 0 Å². The Labute approximate surface area is 124 Å². The van der Waals surface area contributed by atoms with Crippen LogP contribution < -0.4 is 10.6 Å². The van der Waals surface area contributed by atoms with Crippen molar-refractivity contribution < 1.29 is 13.2 Å². The van der Waals surface area contributed by atoms with Crippen LogP contribution in [0.15, 0.2) is 4.90 Å². The number of rotatable bonds is 5. The highest BCUT2D eigenvalue weighted by Gasteiger charge is 2.30. The Balaban J connectivity index is 2.34. The molecule has 1 saturated heterocycles. The van der Waals surface area contributed by atoms with Gasteiger partial charge in [-0.1, -0.05) is 13.8 Å². The molecule has 1 aliphatic heterocycles. The number of nitrogens with two attached hydrogens (primary N) is 1. The molecule has 0 bridgehead atoms. The predicted octanol–water partition coefficient (Wildman–Crippen LogP) is 1.52. The van der Waals surface area contributed by atoms with Crippen molar-refractivity contribution >= 4 is 32.2 Å². The molecule has 0 aliphatic carbocycles. The molecule has 114 valence electrons. The lowest BCUT2D eigenvalue weighted by molar-refractivity contribution is 0.0385. The summed E-state index contributed by atoms with van der Waals surface area (Å²) in [4.78, 5) is 2.25. The molecule has 6 nitrogen and oxygen atoms in total. The monoisotopic (exact) mass is 319 g/mol. The van der Waals surface area contributed by atoms with Gasteiger partial charge in [0.15, 0.2) is 15.7 Å². The van der Waals surface area contributed by atoms with Gasteiger partial charge in [0.2, 0.25) is 0 Å². The van der Waals surface area contributed by atoms with Crippen molar-refractivity contribution in [1.29, 1.82) is 0 Å². The Morgan fingerprint density at radius 1 is 1.50 bits per heavy atom. The maximum Gasteiger partial charge on any atom is 0.185 e. The number of anilines is 2. The number of nitrogen functional groups attached to an aromatic ring is 1. The highest BCUT2D eigenvalue weighted by Crippen LogP contribution is 2.36. The van der Waals surface area contributed by atoms with Crippen LogP contribution in [0.25, 0.3) is 0 Å². The largest absolute Gasteiger partial charge is 0.382 e. The zero-order valence-electron chi connectivity index (χ0n) is 11.8. The Morgan fingerprint density at radius 2 is 2.25 bits per heavy atom. The number of hydrogen-bond acceptors (Lipinski definition) is 7. The van der Waals surface area contributed by atoms with Gasteiger partial charge in [-0.25, -0.2) is 8.42 Å². The number of sulfone groups is 1. The number of aromatic nitrogens is 1. The summed E-state index contributed by atoms with van der Waals surface area (Å²) in [5.74, 6) is 0.224. The third-order valence-electron chi connectivity index (χ3n) is 3.32. The normalized spacial score (nSPS) is 20.3. The number of nitrogens with zero attached hydrogens (tertiary/aromatic N) is 2. The summed E-state index contributed by atoms with van der Waals surface area (Å²) in [6.45, 7) is 5.86. The summed E-state index contributed by atoms with van der Waals surface area (Å²) in [5, 5.41) is 0.665. The summed E-state index contributed by atoms with van der Waals surface area (Å²) in [6, 6.07) is 0. The highest BCUT2D eigenvalue weighted by molar-refractivity contribution is 7.91. The molecule has 0 spiro atoms. The summed E-state index contributed by atoms with van der Waals surface area (Å²) in [7, 11) is -3.36. The first-order valence-electron chi connectivity index (χ1n) is 6.84. The van der Waals surface area contributed by atoms with Crippen molar-refractivity contribution in [1.82, 2.24) is 4.37 Å². The van der Waals surface area contributed by atoms with Gasteiger partial charge in [-0.2, -0.15) is 4.37 Å². The van der Waals surface area contributed by atoms with Crippen molar-refractivity contribution in [3.8, 4) is 0 Å². The zero-order chi connectivity index (χ0) is 14.8. The average molecular weight is 319 g/mol. The Bertz CT molecular complexity index is 556. The minimum absolute atomic E-state index is 0.101. The maximum atomic E-state index is 12.4. The van der Waals surface area contributed by atoms with Gasteiger partial charge in [-0.3, -0.25) is 0 Å². The molecule has 1 unspecified atom stereocenters. The smallest absolute Gasteiger partial charge is 0.185 e. The van der Waals surface area contributed by atoms with Crippen molar-refractivity contribution in [2.45, 2.75) is 37.7 Å². The van der Waals surface area contributed by atoms with Gasteiger partial charge >= 0.3 is 0 Å². The van der Waals surface area contributed by atoms with Crippen LogP contribution in [-0.2, 0) is 14.6 Å². The Hall–Kier alpha value is -0.860. The van der Waals surface area contributed by atoms with Crippen molar-refractivity contribution in [2.75, 3.05) is 36.1 Å². The van der Waals surface area contributed by atoms with Crippen LogP contribution in [0, 0.1) is 0 Å². The van der Waals surface area contributed by atoms with Crippen molar-refractivity contribution in [3.63, 3.8) is 0 Å². The van der Waals surface area contributed by atoms with Crippen LogP contribution in [0.5, 0.6) is 0 Å². The first-order chi connectivity index (χ1) is 9.49. The molecule has 1 aromatic rings. The Kier molecular flexibility index (Phi) is 4.87. The van der Waals surface area contributed by atoms with Gasteiger partial charge in [-0.05, 0) is 24.4 Å². The molecule has 1 atom stereocenters. The van der Waals surface area contributed by atoms with Gasteiger partial charge < -0.3 is 15.4 Å². The lowest BCUT2D eigenvalue weighted by Crippen LogP contribution is -2.42. The van der Waals surface area contributed by atoms with Crippen LogP contribution in [-0.4, -0.2) is 44.3 Å². The summed E-state index contributed by atoms with van der Waals surface area (Å²) < 4.78 is 34.4. The first kappa shape index (κ1) is 15.5. The molecule has 2 heterocycles. The van der Waals surface area contributed by atoms with E-state index >= 15 is 0 Å². The molecule has 1 aromatic heterocycles. The average Bonchev–Trinajstić information content (AvgIpc) is 2.81. The lowest BCUT2D eigenvalue weighted by Gasteiger charge is -2.33. The molecule has 20 heavy (non-hydrogen) atoms. The van der Waals surface area contributed by atoms with Gasteiger partial charge in [-0.15, -0.1) is 0 Å². The van der Waals surface area contributed by atoms with Gasteiger partial charge in [0, 0.05) is 13.1 Å². The molecule has 0 radical (unpaired) electrons. The molecule has 0 saturated carbocycles. The van der Waals surface area contributed by atoms with E-state index in [2.05, 4.69) is 11.3 Å². The van der Waals surface area contributed by atoms with E-state index < -0.39 is 9.84 Å². The fourth-order valence-corrected chi connectivity index (χ4v) is 5.10. The molecule has 1 fully saturated rings. The molecule has 2 N–H and O–H groups in total. The summed E-state index contributed by atoms with van der Waals surface area (Å²) in [5.41, 5.74) is 5.79. The van der Waals surface area contributed by atoms with Crippen LogP contribution >= 0.6 is 11.5 Å². The molecular weight excluding hydrogens is 298 g/mol. The standard InChI is InChI=1S/C12H21N3O3S2/c1-3-7-20(16,17)10-11(13)14-19-12(10)15-5-6-18-9(4-2)8-15/h9H,3-8H2,1-2H3,(H2,13,14). The fraction of sp³-hybridized carbons (Fsp3) is 0.750. The van der Waals surface area contributed by atoms with Gasteiger partial charge in [0.05, 0.1) is 18.5 Å². The van der Waals surface area contributed by atoms with E-state index in [1.807, 2.05) is 11.8 Å². The second kappa shape index (κ2) is 6.28. The first-order valence-corrected chi connectivity index (χ1v) is 9.26.